The number of imide groups is 1. The Balaban J connectivity index is 1.31. The average Bonchev–Trinajstić information content (AvgIpc) is 3.34. The van der Waals surface area contributed by atoms with E-state index < -0.39 is 27.1 Å². The zero-order valence-corrected chi connectivity index (χ0v) is 24.8. The van der Waals surface area contributed by atoms with Gasteiger partial charge in [-0.1, -0.05) is 12.1 Å². The largest absolute Gasteiger partial charge is 0.332 e. The summed E-state index contributed by atoms with van der Waals surface area (Å²) in [5.41, 5.74) is 0.902. The number of nitrogens with one attached hydrogen (secondary N) is 1. The van der Waals surface area contributed by atoms with E-state index in [-0.39, 0.29) is 49.3 Å². The number of rotatable bonds is 6. The molecule has 1 N–H and O–H groups in total. The first kappa shape index (κ1) is 29.4. The van der Waals surface area contributed by atoms with Gasteiger partial charge in [-0.3, -0.25) is 19.5 Å². The minimum absolute atomic E-state index is 0.0206. The van der Waals surface area contributed by atoms with E-state index in [9.17, 15) is 27.3 Å². The maximum atomic E-state index is 13.2. The van der Waals surface area contributed by atoms with Crippen molar-refractivity contribution in [3.05, 3.63) is 64.1 Å². The molecular weight excluding hydrogens is 565 g/mol. The third-order valence-electron chi connectivity index (χ3n) is 8.37. The Bertz CT molecular complexity index is 1640. The summed E-state index contributed by atoms with van der Waals surface area (Å²) in [6, 6.07) is 9.05. The molecule has 3 aliphatic heterocycles. The predicted molar refractivity (Wildman–Crippen MR) is 155 cm³/mol. The molecule has 4 amide bonds. The molecule has 0 unspecified atom stereocenters. The second kappa shape index (κ2) is 10.3. The number of benzene rings is 2. The number of aryl methyl sites for hydroxylation is 2. The molecule has 0 aromatic heterocycles. The molecule has 5 rings (SSSR count). The van der Waals surface area contributed by atoms with Crippen molar-refractivity contribution in [3.63, 3.8) is 0 Å². The Morgan fingerprint density at radius 2 is 1.69 bits per heavy atom. The van der Waals surface area contributed by atoms with Crippen LogP contribution < -0.4 is 15.2 Å². The molecule has 11 nitrogen and oxygen atoms in total. The third kappa shape index (κ3) is 4.86. The molecule has 0 atom stereocenters. The third-order valence-corrected chi connectivity index (χ3v) is 9.94. The monoisotopic (exact) mass is 597 g/mol. The Morgan fingerprint density at radius 1 is 1.05 bits per heavy atom. The molecule has 0 bridgehead atoms. The lowest BCUT2D eigenvalue weighted by molar-refractivity contribution is -0.125. The SMILES string of the molecule is Cc1cc(N2C(=O)N(C)C(C)(C)C2=O)cc(C)c1/C=C/S(=O)(=O)N1CCC2(CC1)N=C(c1cccc(OF)c1)NC2=O. The zero-order chi connectivity index (χ0) is 30.6. The van der Waals surface area contributed by atoms with E-state index in [0.29, 0.717) is 27.9 Å². The molecule has 3 heterocycles. The first-order valence-corrected chi connectivity index (χ1v) is 14.9. The number of likely N-dealkylation sites (N-methyl/N-ethyl adjacent to an activating group) is 1. The number of hydrogen-bond donors (Lipinski definition) is 1. The van der Waals surface area contributed by atoms with Crippen molar-refractivity contribution in [1.82, 2.24) is 14.5 Å². The number of hydrogen-bond acceptors (Lipinski definition) is 7. The van der Waals surface area contributed by atoms with Crippen molar-refractivity contribution in [3.8, 4) is 5.75 Å². The quantitative estimate of drug-likeness (QED) is 0.508. The van der Waals surface area contributed by atoms with Gasteiger partial charge in [-0.15, -0.1) is 0 Å². The highest BCUT2D eigenvalue weighted by molar-refractivity contribution is 7.92. The summed E-state index contributed by atoms with van der Waals surface area (Å²) in [4.78, 5) is 49.5. The van der Waals surface area contributed by atoms with Crippen LogP contribution in [0.3, 0.4) is 0 Å². The van der Waals surface area contributed by atoms with Crippen LogP contribution in [0.25, 0.3) is 6.08 Å². The summed E-state index contributed by atoms with van der Waals surface area (Å²) >= 11 is 0. The molecule has 2 fully saturated rings. The van der Waals surface area contributed by atoms with Crippen LogP contribution in [-0.4, -0.2) is 72.5 Å². The van der Waals surface area contributed by atoms with Crippen LogP contribution in [0.5, 0.6) is 5.75 Å². The fourth-order valence-corrected chi connectivity index (χ4v) is 6.67. The molecule has 0 aliphatic carbocycles. The van der Waals surface area contributed by atoms with Crippen molar-refractivity contribution in [2.45, 2.75) is 51.6 Å². The van der Waals surface area contributed by atoms with E-state index in [1.807, 2.05) is 0 Å². The highest BCUT2D eigenvalue weighted by Gasteiger charge is 2.50. The number of aliphatic imine (C=N–C) groups is 1. The zero-order valence-electron chi connectivity index (χ0n) is 24.0. The second-order valence-corrected chi connectivity index (χ2v) is 13.2. The highest BCUT2D eigenvalue weighted by atomic mass is 32.2. The lowest BCUT2D eigenvalue weighted by Gasteiger charge is -2.34. The maximum Gasteiger partial charge on any atom is 0.332 e. The Hall–Kier alpha value is -4.10. The number of carbonyl (C=O) groups excluding carboxylic acids is 3. The summed E-state index contributed by atoms with van der Waals surface area (Å²) in [5.74, 6) is -0.394. The number of halogens is 1. The predicted octanol–water partition coefficient (Wildman–Crippen LogP) is 3.46. The van der Waals surface area contributed by atoms with Crippen LogP contribution in [0, 0.1) is 13.8 Å². The normalized spacial score (nSPS) is 20.5. The molecule has 0 saturated carbocycles. The summed E-state index contributed by atoms with van der Waals surface area (Å²) in [6.45, 7) is 7.12. The van der Waals surface area contributed by atoms with Crippen LogP contribution in [0.15, 0.2) is 46.8 Å². The first-order valence-electron chi connectivity index (χ1n) is 13.4. The molecule has 3 aliphatic rings. The van der Waals surface area contributed by atoms with Crippen LogP contribution in [0.4, 0.5) is 15.0 Å². The van der Waals surface area contributed by atoms with Gasteiger partial charge in [0, 0.05) is 35.6 Å². The van der Waals surface area contributed by atoms with Crippen LogP contribution in [-0.2, 0) is 19.6 Å². The number of amides is 4. The maximum absolute atomic E-state index is 13.2. The smallest absolute Gasteiger partial charge is 0.313 e. The molecular formula is C29H32FN5O6S. The van der Waals surface area contributed by atoms with Gasteiger partial charge in [0.15, 0.2) is 5.75 Å². The van der Waals surface area contributed by atoms with Gasteiger partial charge in [0.2, 0.25) is 10.0 Å². The van der Waals surface area contributed by atoms with E-state index >= 15 is 0 Å². The van der Waals surface area contributed by atoms with Gasteiger partial charge >= 0.3 is 6.03 Å². The number of piperidine rings is 1. The van der Waals surface area contributed by atoms with E-state index in [0.717, 1.165) is 10.3 Å². The minimum atomic E-state index is -3.83. The molecule has 222 valence electrons. The lowest BCUT2D eigenvalue weighted by Crippen LogP contribution is -2.50. The van der Waals surface area contributed by atoms with E-state index in [4.69, 9.17) is 0 Å². The van der Waals surface area contributed by atoms with Gasteiger partial charge in [-0.2, -0.15) is 4.31 Å². The Kier molecular flexibility index (Phi) is 7.22. The first-order chi connectivity index (χ1) is 19.7. The van der Waals surface area contributed by atoms with E-state index in [2.05, 4.69) is 15.3 Å². The Labute approximate surface area is 243 Å². The molecule has 13 heteroatoms. The molecule has 2 aromatic carbocycles. The van der Waals surface area contributed by atoms with Gasteiger partial charge in [-0.05, 0) is 87.6 Å². The highest BCUT2D eigenvalue weighted by Crippen LogP contribution is 2.35. The molecule has 2 saturated heterocycles. The van der Waals surface area contributed by atoms with Gasteiger partial charge in [-0.25, -0.2) is 18.1 Å². The number of urea groups is 1. The van der Waals surface area contributed by atoms with Crippen molar-refractivity contribution < 1.29 is 32.3 Å². The van der Waals surface area contributed by atoms with E-state index in [1.54, 1.807) is 59.0 Å². The Morgan fingerprint density at radius 3 is 2.26 bits per heavy atom. The van der Waals surface area contributed by atoms with Gasteiger partial charge in [0.25, 0.3) is 11.8 Å². The van der Waals surface area contributed by atoms with E-state index in [1.165, 1.54) is 27.4 Å². The number of anilines is 1. The number of amidine groups is 1. The molecule has 0 radical (unpaired) electrons. The number of nitrogens with zero attached hydrogens (tertiary/aromatic N) is 4. The van der Waals surface area contributed by atoms with Crippen LogP contribution in [0.1, 0.15) is 48.9 Å². The standard InChI is InChI=1S/C29H32FN5O6S/c1-18-15-21(35-26(37)28(3,4)33(5)27(35)38)16-19(2)23(18)9-14-42(39,40)34-12-10-29(11-13-34)25(36)31-24(32-29)20-7-6-8-22(17-20)41-30/h6-9,14-17H,10-13H2,1-5H3,(H,31,32,36)/b14-9+. The lowest BCUT2D eigenvalue weighted by atomic mass is 9.89. The van der Waals surface area contributed by atoms with Crippen molar-refractivity contribution in [1.29, 1.82) is 0 Å². The second-order valence-electron chi connectivity index (χ2n) is 11.3. The summed E-state index contributed by atoms with van der Waals surface area (Å²) in [7, 11) is -2.25. The number of carbonyl (C=O) groups is 3. The van der Waals surface area contributed by atoms with Crippen molar-refractivity contribution >= 4 is 45.5 Å². The fraction of sp³-hybridized carbons (Fsp3) is 0.379. The van der Waals surface area contributed by atoms with Crippen molar-refractivity contribution in [2.24, 2.45) is 4.99 Å². The summed E-state index contributed by atoms with van der Waals surface area (Å²) < 4.78 is 40.4. The van der Waals surface area contributed by atoms with Crippen molar-refractivity contribution in [2.75, 3.05) is 25.0 Å². The summed E-state index contributed by atoms with van der Waals surface area (Å²) in [5, 5.41) is 3.87. The van der Waals surface area contributed by atoms with Gasteiger partial charge in [0.1, 0.15) is 16.9 Å². The minimum Gasteiger partial charge on any atom is -0.313 e. The average molecular weight is 598 g/mol. The van der Waals surface area contributed by atoms with Crippen LogP contribution in [0.2, 0.25) is 0 Å². The topological polar surface area (TPSA) is 129 Å². The fourth-order valence-electron chi connectivity index (χ4n) is 5.50. The van der Waals surface area contributed by atoms with Gasteiger partial charge in [0.05, 0.1) is 5.69 Å². The summed E-state index contributed by atoms with van der Waals surface area (Å²) in [6.07, 6.45) is 1.88. The molecule has 42 heavy (non-hydrogen) atoms. The number of sulfonamides is 1. The molecule has 2 aromatic rings. The van der Waals surface area contributed by atoms with Crippen LogP contribution >= 0.6 is 0 Å². The molecule has 1 spiro atoms. The van der Waals surface area contributed by atoms with Gasteiger partial charge < -0.3 is 10.2 Å².